The number of nitrogens with one attached hydrogen (secondary N) is 3. The summed E-state index contributed by atoms with van der Waals surface area (Å²) < 4.78 is 0. The third kappa shape index (κ3) is 3.35. The number of carbonyl (C=O) groups is 5. The molecule has 0 saturated carbocycles. The maximum absolute atomic E-state index is 13.1. The van der Waals surface area contributed by atoms with E-state index in [-0.39, 0.29) is 41.8 Å². The van der Waals surface area contributed by atoms with Crippen LogP contribution in [0.2, 0.25) is 0 Å². The number of hydrogen-bond donors (Lipinski definition) is 3. The van der Waals surface area contributed by atoms with Gasteiger partial charge in [0.1, 0.15) is 6.04 Å². The lowest BCUT2D eigenvalue weighted by Crippen LogP contribution is -2.62. The molecule has 1 spiro atoms. The van der Waals surface area contributed by atoms with Crippen LogP contribution in [0.1, 0.15) is 46.4 Å². The van der Waals surface area contributed by atoms with E-state index in [4.69, 9.17) is 0 Å². The van der Waals surface area contributed by atoms with Crippen LogP contribution in [0.25, 0.3) is 0 Å². The molecule has 10 nitrogen and oxygen atoms in total. The van der Waals surface area contributed by atoms with Crippen LogP contribution < -0.4 is 16.0 Å². The maximum atomic E-state index is 13.1. The molecule has 1 aromatic carbocycles. The summed E-state index contributed by atoms with van der Waals surface area (Å²) in [6.45, 7) is 3.49. The first-order chi connectivity index (χ1) is 15.4. The molecule has 5 amide bonds. The molecule has 0 aromatic heterocycles. The van der Waals surface area contributed by atoms with Crippen LogP contribution in [0, 0.1) is 5.41 Å². The Labute approximate surface area is 184 Å². The molecule has 1 unspecified atom stereocenters. The van der Waals surface area contributed by atoms with E-state index in [9.17, 15) is 24.0 Å². The average Bonchev–Trinajstić information content (AvgIpc) is 3.02. The molecular formula is C22H25N5O5. The van der Waals surface area contributed by atoms with Gasteiger partial charge in [-0.15, -0.1) is 0 Å². The SMILES string of the molecule is O=C1CCC(N2C(=O)c3cccc(NCC(=O)N4CC5(CCNCC5)C4)c3C2=O)C(=O)N1. The fourth-order valence-corrected chi connectivity index (χ4v) is 5.16. The van der Waals surface area contributed by atoms with Crippen LogP contribution in [-0.2, 0) is 14.4 Å². The van der Waals surface area contributed by atoms with Gasteiger partial charge in [-0.2, -0.15) is 0 Å². The van der Waals surface area contributed by atoms with Crippen LogP contribution in [-0.4, -0.2) is 78.1 Å². The fourth-order valence-electron chi connectivity index (χ4n) is 5.16. The minimum absolute atomic E-state index is 0.0185. The van der Waals surface area contributed by atoms with Gasteiger partial charge in [0.25, 0.3) is 11.8 Å². The van der Waals surface area contributed by atoms with Gasteiger partial charge in [0.05, 0.1) is 17.7 Å². The lowest BCUT2D eigenvalue weighted by molar-refractivity contribution is -0.143. The van der Waals surface area contributed by atoms with Gasteiger partial charge in [-0.1, -0.05) is 6.07 Å². The molecule has 1 atom stereocenters. The normalized spacial score (nSPS) is 24.3. The third-order valence-corrected chi connectivity index (χ3v) is 6.97. The second-order valence-electron chi connectivity index (χ2n) is 9.03. The van der Waals surface area contributed by atoms with Crippen molar-refractivity contribution in [2.75, 3.05) is 38.0 Å². The van der Waals surface area contributed by atoms with E-state index in [1.54, 1.807) is 12.1 Å². The maximum Gasteiger partial charge on any atom is 0.264 e. The Hall–Kier alpha value is -3.27. The predicted molar refractivity (Wildman–Crippen MR) is 113 cm³/mol. The Morgan fingerprint density at radius 1 is 1.09 bits per heavy atom. The van der Waals surface area contributed by atoms with Crippen molar-refractivity contribution in [2.24, 2.45) is 5.41 Å². The fraction of sp³-hybridized carbons (Fsp3) is 0.500. The van der Waals surface area contributed by atoms with Crippen LogP contribution in [0.3, 0.4) is 0 Å². The van der Waals surface area contributed by atoms with Crippen molar-refractivity contribution in [3.05, 3.63) is 29.3 Å². The smallest absolute Gasteiger partial charge is 0.264 e. The number of hydrogen-bond acceptors (Lipinski definition) is 7. The molecule has 32 heavy (non-hydrogen) atoms. The molecule has 4 aliphatic rings. The zero-order valence-electron chi connectivity index (χ0n) is 17.6. The topological polar surface area (TPSA) is 128 Å². The highest BCUT2D eigenvalue weighted by atomic mass is 16.2. The van der Waals surface area contributed by atoms with Gasteiger partial charge in [-0.05, 0) is 44.5 Å². The van der Waals surface area contributed by atoms with Crippen LogP contribution in [0.5, 0.6) is 0 Å². The Morgan fingerprint density at radius 3 is 2.56 bits per heavy atom. The van der Waals surface area contributed by atoms with E-state index < -0.39 is 29.7 Å². The number of rotatable bonds is 4. The van der Waals surface area contributed by atoms with Gasteiger partial charge in [-0.25, -0.2) is 0 Å². The Kier molecular flexibility index (Phi) is 4.96. The second kappa shape index (κ2) is 7.70. The summed E-state index contributed by atoms with van der Waals surface area (Å²) in [5.41, 5.74) is 0.976. The van der Waals surface area contributed by atoms with Gasteiger partial charge in [0, 0.05) is 30.6 Å². The van der Waals surface area contributed by atoms with Crippen molar-refractivity contribution >= 4 is 35.2 Å². The number of benzene rings is 1. The Balaban J connectivity index is 1.27. The summed E-state index contributed by atoms with van der Waals surface area (Å²) in [5, 5.41) is 8.55. The van der Waals surface area contributed by atoms with Crippen LogP contribution >= 0.6 is 0 Å². The minimum atomic E-state index is -1.02. The first-order valence-electron chi connectivity index (χ1n) is 11.0. The molecule has 0 aliphatic carbocycles. The average molecular weight is 439 g/mol. The lowest BCUT2D eigenvalue weighted by atomic mass is 9.72. The molecule has 3 saturated heterocycles. The molecule has 0 radical (unpaired) electrons. The second-order valence-corrected chi connectivity index (χ2v) is 9.03. The highest BCUT2D eigenvalue weighted by Crippen LogP contribution is 2.38. The van der Waals surface area contributed by atoms with Crippen molar-refractivity contribution in [1.29, 1.82) is 0 Å². The molecular weight excluding hydrogens is 414 g/mol. The number of likely N-dealkylation sites (tertiary alicyclic amines) is 1. The number of carbonyl (C=O) groups excluding carboxylic acids is 5. The molecule has 10 heteroatoms. The molecule has 3 fully saturated rings. The zero-order valence-corrected chi connectivity index (χ0v) is 17.6. The first-order valence-corrected chi connectivity index (χ1v) is 11.0. The summed E-state index contributed by atoms with van der Waals surface area (Å²) in [5.74, 6) is -2.27. The monoisotopic (exact) mass is 439 g/mol. The molecule has 0 bridgehead atoms. The van der Waals surface area contributed by atoms with Crippen molar-refractivity contribution < 1.29 is 24.0 Å². The van der Waals surface area contributed by atoms with E-state index in [0.29, 0.717) is 5.69 Å². The quantitative estimate of drug-likeness (QED) is 0.550. The number of nitrogens with zero attached hydrogens (tertiary/aromatic N) is 2. The van der Waals surface area contributed by atoms with E-state index in [2.05, 4.69) is 16.0 Å². The summed E-state index contributed by atoms with van der Waals surface area (Å²) >= 11 is 0. The molecule has 168 valence electrons. The highest BCUT2D eigenvalue weighted by Gasteiger charge is 2.47. The van der Waals surface area contributed by atoms with E-state index in [1.807, 2.05) is 4.90 Å². The van der Waals surface area contributed by atoms with Crippen molar-refractivity contribution in [3.63, 3.8) is 0 Å². The minimum Gasteiger partial charge on any atom is -0.375 e. The summed E-state index contributed by atoms with van der Waals surface area (Å²) in [7, 11) is 0. The largest absolute Gasteiger partial charge is 0.375 e. The molecule has 5 rings (SSSR count). The Morgan fingerprint density at radius 2 is 1.84 bits per heavy atom. The van der Waals surface area contributed by atoms with Gasteiger partial charge >= 0.3 is 0 Å². The van der Waals surface area contributed by atoms with E-state index in [0.717, 1.165) is 43.9 Å². The number of fused-ring (bicyclic) bond motifs is 1. The van der Waals surface area contributed by atoms with E-state index in [1.165, 1.54) is 6.07 Å². The standard InChI is InChI=1S/C22H25N5O5/c28-16-5-4-15(19(30)25-16)27-20(31)13-2-1-3-14(18(13)21(27)32)24-10-17(29)26-11-22(12-26)6-8-23-9-7-22/h1-3,15,23-24H,4-12H2,(H,25,28,30). The number of anilines is 1. The van der Waals surface area contributed by atoms with Gasteiger partial charge in [0.2, 0.25) is 17.7 Å². The van der Waals surface area contributed by atoms with Crippen molar-refractivity contribution in [1.82, 2.24) is 20.4 Å². The molecule has 4 heterocycles. The predicted octanol–water partition coefficient (Wildman–Crippen LogP) is -0.288. The molecule has 4 aliphatic heterocycles. The highest BCUT2D eigenvalue weighted by molar-refractivity contribution is 6.25. The van der Waals surface area contributed by atoms with Gasteiger partial charge in [-0.3, -0.25) is 34.2 Å². The summed E-state index contributed by atoms with van der Waals surface area (Å²) in [6, 6.07) is 3.80. The van der Waals surface area contributed by atoms with Gasteiger partial charge < -0.3 is 15.5 Å². The van der Waals surface area contributed by atoms with Crippen molar-refractivity contribution in [3.8, 4) is 0 Å². The summed E-state index contributed by atoms with van der Waals surface area (Å²) in [4.78, 5) is 65.1. The number of piperidine rings is 2. The first kappa shape index (κ1) is 20.6. The van der Waals surface area contributed by atoms with Gasteiger partial charge in [0.15, 0.2) is 0 Å². The molecule has 1 aromatic rings. The van der Waals surface area contributed by atoms with Crippen LogP contribution in [0.15, 0.2) is 18.2 Å². The third-order valence-electron chi connectivity index (χ3n) is 6.97. The summed E-state index contributed by atoms with van der Waals surface area (Å²) in [6.07, 6.45) is 2.31. The Bertz CT molecular complexity index is 1020. The van der Waals surface area contributed by atoms with Crippen molar-refractivity contribution in [2.45, 2.75) is 31.7 Å². The number of amides is 5. The van der Waals surface area contributed by atoms with Crippen LogP contribution in [0.4, 0.5) is 5.69 Å². The number of imide groups is 2. The zero-order chi connectivity index (χ0) is 22.5. The lowest BCUT2D eigenvalue weighted by Gasteiger charge is -2.52. The molecule has 3 N–H and O–H groups in total. The van der Waals surface area contributed by atoms with E-state index >= 15 is 0 Å².